The van der Waals surface area contributed by atoms with E-state index in [1.165, 1.54) is 0 Å². The largest absolute Gasteiger partial charge is 1.00 e. The van der Waals surface area contributed by atoms with Crippen LogP contribution in [0, 0.1) is 11.8 Å². The Labute approximate surface area is 112 Å². The molecule has 3 nitrogen and oxygen atoms in total. The van der Waals surface area contributed by atoms with Crippen LogP contribution in [0.1, 0.15) is 0 Å². The van der Waals surface area contributed by atoms with Gasteiger partial charge >= 0.3 is 17.1 Å². The van der Waals surface area contributed by atoms with Crippen molar-refractivity contribution in [3.8, 4) is 11.3 Å². The minimum absolute atomic E-state index is 0. The van der Waals surface area contributed by atoms with Crippen LogP contribution in [-0.2, 0) is 21.6 Å². The van der Waals surface area contributed by atoms with E-state index in [4.69, 9.17) is 11.8 Å². The maximum absolute atomic E-state index is 10.6. The Kier molecular flexibility index (Phi) is 7.84. The van der Waals surface area contributed by atoms with Crippen LogP contribution in [0.5, 0.6) is 0 Å². The van der Waals surface area contributed by atoms with E-state index < -0.39 is 0 Å². The number of hydrogen-bond acceptors (Lipinski definition) is 3. The fourth-order valence-corrected chi connectivity index (χ4v) is 1.54. The molecule has 5 heteroatoms. The first-order valence-electron chi connectivity index (χ1n) is 4.48. The van der Waals surface area contributed by atoms with E-state index in [0.717, 1.165) is 11.3 Å². The molecule has 0 fully saturated rings. The number of aromatic nitrogens is 1. The summed E-state index contributed by atoms with van der Waals surface area (Å²) in [6, 6.07) is 15.3. The van der Waals surface area contributed by atoms with Crippen LogP contribution >= 0.6 is 8.46 Å². The van der Waals surface area contributed by atoms with Crippen molar-refractivity contribution in [2.24, 2.45) is 0 Å². The van der Waals surface area contributed by atoms with Gasteiger partial charge in [-0.2, -0.15) is 0 Å². The molecule has 0 unspecified atom stereocenters. The van der Waals surface area contributed by atoms with Gasteiger partial charge in [0.1, 0.15) is 5.44 Å². The van der Waals surface area contributed by atoms with Crippen LogP contribution in [0.25, 0.3) is 11.3 Å². The molecule has 1 aromatic carbocycles. The second-order valence-corrected chi connectivity index (χ2v) is 3.48. The first kappa shape index (κ1) is 15.5. The number of hydrogen-bond donors (Lipinski definition) is 0. The molecule has 0 aliphatic heterocycles. The summed E-state index contributed by atoms with van der Waals surface area (Å²) in [4.78, 5) is 4.24. The van der Waals surface area contributed by atoms with E-state index in [1.807, 2.05) is 42.5 Å². The summed E-state index contributed by atoms with van der Waals surface area (Å²) in [6.07, 6.45) is 0. The summed E-state index contributed by atoms with van der Waals surface area (Å²) in [5.41, 5.74) is 2.45. The molecule has 0 saturated carbocycles. The standard InChI is InChI=1S/C11H8NOP.CN.Cu/c13-14-11-8-4-7-10(12-11)9-5-2-1-3-6-9;1-2;/h1-8H;;/q;-1;+1. The normalized spacial score (nSPS) is 8.59. The van der Waals surface area contributed by atoms with Gasteiger partial charge in [0.05, 0.1) is 5.69 Å². The van der Waals surface area contributed by atoms with Gasteiger partial charge in [0.15, 0.2) is 0 Å². The van der Waals surface area contributed by atoms with E-state index in [1.54, 1.807) is 6.07 Å². The smallest absolute Gasteiger partial charge is 0.512 e. The molecule has 0 aliphatic rings. The van der Waals surface area contributed by atoms with Gasteiger partial charge in [0.2, 0.25) is 8.46 Å². The van der Waals surface area contributed by atoms with Crippen molar-refractivity contribution in [1.29, 1.82) is 5.26 Å². The maximum atomic E-state index is 10.6. The average Bonchev–Trinajstić information content (AvgIpc) is 2.42. The predicted molar refractivity (Wildman–Crippen MR) is 61.9 cm³/mol. The predicted octanol–water partition coefficient (Wildman–Crippen LogP) is 2.76. The topological polar surface area (TPSA) is 53.8 Å². The van der Waals surface area contributed by atoms with Gasteiger partial charge in [-0.15, -0.1) is 0 Å². The van der Waals surface area contributed by atoms with E-state index in [9.17, 15) is 4.57 Å². The van der Waals surface area contributed by atoms with Crippen LogP contribution in [-0.4, -0.2) is 4.98 Å². The molecule has 0 saturated heterocycles. The molecule has 0 radical (unpaired) electrons. The number of pyridine rings is 1. The average molecular weight is 291 g/mol. The fraction of sp³-hybridized carbons (Fsp3) is 0. The maximum Gasteiger partial charge on any atom is 1.00 e. The van der Waals surface area contributed by atoms with Crippen molar-refractivity contribution in [2.45, 2.75) is 0 Å². The fourth-order valence-electron chi connectivity index (χ4n) is 1.24. The third kappa shape index (κ3) is 4.46. The summed E-state index contributed by atoms with van der Waals surface area (Å²) >= 11 is 0. The van der Waals surface area contributed by atoms with Gasteiger partial charge in [-0.1, -0.05) is 36.4 Å². The summed E-state index contributed by atoms with van der Waals surface area (Å²) in [5, 5.41) is 6.25. The van der Waals surface area contributed by atoms with Gasteiger partial charge in [-0.25, -0.2) is 4.98 Å². The van der Waals surface area contributed by atoms with E-state index in [2.05, 4.69) is 4.98 Å². The quantitative estimate of drug-likeness (QED) is 0.485. The van der Waals surface area contributed by atoms with E-state index >= 15 is 0 Å². The SMILES string of the molecule is O=Pc1cccc(-c2ccccc2)n1.[C-]#N.[Cu+]. The molecule has 0 amide bonds. The Morgan fingerprint density at radius 1 is 1.00 bits per heavy atom. The first-order chi connectivity index (χ1) is 7.90. The van der Waals surface area contributed by atoms with Gasteiger partial charge in [-0.05, 0) is 12.1 Å². The van der Waals surface area contributed by atoms with Crippen LogP contribution in [0.4, 0.5) is 0 Å². The van der Waals surface area contributed by atoms with Crippen molar-refractivity contribution in [3.05, 3.63) is 55.1 Å². The van der Waals surface area contributed by atoms with Gasteiger partial charge in [-0.3, -0.25) is 4.57 Å². The molecule has 0 N–H and O–H groups in total. The summed E-state index contributed by atoms with van der Waals surface area (Å²) in [7, 11) is -0.0366. The molecule has 88 valence electrons. The Morgan fingerprint density at radius 2 is 1.65 bits per heavy atom. The molecular weight excluding hydrogens is 283 g/mol. The number of rotatable bonds is 2. The van der Waals surface area contributed by atoms with Crippen molar-refractivity contribution in [1.82, 2.24) is 4.98 Å². The zero-order valence-corrected chi connectivity index (χ0v) is 10.5. The molecule has 0 atom stereocenters. The Balaban J connectivity index is 0.000000811. The van der Waals surface area contributed by atoms with Crippen LogP contribution < -0.4 is 5.44 Å². The minimum atomic E-state index is -0.0366. The van der Waals surface area contributed by atoms with Crippen LogP contribution in [0.3, 0.4) is 0 Å². The van der Waals surface area contributed by atoms with E-state index in [0.29, 0.717) is 5.44 Å². The molecule has 0 bridgehead atoms. The van der Waals surface area contributed by atoms with Crippen molar-refractivity contribution in [3.63, 3.8) is 0 Å². The molecule has 17 heavy (non-hydrogen) atoms. The number of nitrogens with zero attached hydrogens (tertiary/aromatic N) is 2. The molecular formula is C12H8CuN2OP. The third-order valence-electron chi connectivity index (χ3n) is 1.90. The Hall–Kier alpha value is -1.52. The van der Waals surface area contributed by atoms with Crippen molar-refractivity contribution < 1.29 is 21.6 Å². The van der Waals surface area contributed by atoms with Crippen molar-refractivity contribution in [2.75, 3.05) is 0 Å². The zero-order chi connectivity index (χ0) is 11.8. The van der Waals surface area contributed by atoms with Crippen LogP contribution in [0.2, 0.25) is 0 Å². The third-order valence-corrected chi connectivity index (χ3v) is 2.33. The van der Waals surface area contributed by atoms with Crippen molar-refractivity contribution >= 4 is 13.9 Å². The molecule has 1 aromatic heterocycles. The van der Waals surface area contributed by atoms with Gasteiger partial charge in [0.25, 0.3) is 0 Å². The zero-order valence-electron chi connectivity index (χ0n) is 8.67. The molecule has 2 aromatic rings. The summed E-state index contributed by atoms with van der Waals surface area (Å²) < 4.78 is 10.6. The Bertz CT molecular complexity index is 488. The minimum Gasteiger partial charge on any atom is -0.512 e. The molecule has 2 rings (SSSR count). The van der Waals surface area contributed by atoms with E-state index in [-0.39, 0.29) is 25.5 Å². The van der Waals surface area contributed by atoms with Gasteiger partial charge < -0.3 is 11.8 Å². The second kappa shape index (κ2) is 8.61. The molecule has 0 spiro atoms. The summed E-state index contributed by atoms with van der Waals surface area (Å²) in [6.45, 7) is 4.75. The first-order valence-corrected chi connectivity index (χ1v) is 5.29. The summed E-state index contributed by atoms with van der Waals surface area (Å²) in [5.74, 6) is 0. The molecule has 0 aliphatic carbocycles. The Morgan fingerprint density at radius 3 is 2.24 bits per heavy atom. The monoisotopic (exact) mass is 290 g/mol. The molecule has 1 heterocycles. The van der Waals surface area contributed by atoms with Gasteiger partial charge in [0, 0.05) is 5.56 Å². The van der Waals surface area contributed by atoms with Crippen LogP contribution in [0.15, 0.2) is 48.5 Å². The second-order valence-electron chi connectivity index (χ2n) is 2.84. The number of benzene rings is 1.